The summed E-state index contributed by atoms with van der Waals surface area (Å²) in [6.45, 7) is 11.7. The van der Waals surface area contributed by atoms with Crippen LogP contribution in [0.3, 0.4) is 0 Å². The monoisotopic (exact) mass is 310 g/mol. The number of hydrogen-bond acceptors (Lipinski definition) is 2. The molecule has 1 aromatic rings. The summed E-state index contributed by atoms with van der Waals surface area (Å²) in [4.78, 5) is 7.00. The standard InChI is InChI=1S/C21H30N2/c1-5-9-13-19(12-6-2)20(21-14-10-11-16-22-21)15-18-23(8-4)17-7-3/h5-6,9-16H,7-8,17-18H2,1-4H3/b9-5+,12-6-,19-13+,20-15+. The maximum atomic E-state index is 4.55. The molecule has 0 saturated heterocycles. The molecule has 0 aliphatic heterocycles. The van der Waals surface area contributed by atoms with Crippen molar-refractivity contribution in [2.45, 2.75) is 34.1 Å². The van der Waals surface area contributed by atoms with Crippen molar-refractivity contribution < 1.29 is 0 Å². The molecule has 0 unspecified atom stereocenters. The van der Waals surface area contributed by atoms with Crippen molar-refractivity contribution in [3.63, 3.8) is 0 Å². The first-order chi connectivity index (χ1) is 11.3. The minimum atomic E-state index is 0.945. The highest BCUT2D eigenvalue weighted by molar-refractivity contribution is 5.80. The van der Waals surface area contributed by atoms with Crippen molar-refractivity contribution in [3.8, 4) is 0 Å². The van der Waals surface area contributed by atoms with Crippen LogP contribution in [0, 0.1) is 0 Å². The Hall–Kier alpha value is -1.93. The molecular weight excluding hydrogens is 280 g/mol. The molecule has 1 heterocycles. The summed E-state index contributed by atoms with van der Waals surface area (Å²) in [7, 11) is 0. The summed E-state index contributed by atoms with van der Waals surface area (Å²) in [6, 6.07) is 6.08. The highest BCUT2D eigenvalue weighted by atomic mass is 15.1. The second-order valence-corrected chi connectivity index (χ2v) is 5.37. The molecule has 0 aromatic carbocycles. The number of nitrogens with zero attached hydrogens (tertiary/aromatic N) is 2. The number of pyridine rings is 1. The third-order valence-corrected chi connectivity index (χ3v) is 3.61. The molecule has 0 radical (unpaired) electrons. The Morgan fingerprint density at radius 3 is 2.57 bits per heavy atom. The van der Waals surface area contributed by atoms with Gasteiger partial charge in [0, 0.05) is 18.3 Å². The topological polar surface area (TPSA) is 16.1 Å². The molecule has 0 amide bonds. The molecule has 2 nitrogen and oxygen atoms in total. The summed E-state index contributed by atoms with van der Waals surface area (Å²) in [5.41, 5.74) is 3.40. The summed E-state index contributed by atoms with van der Waals surface area (Å²) in [6.07, 6.45) is 15.8. The number of likely N-dealkylation sites (N-methyl/N-ethyl adjacent to an activating group) is 1. The first kappa shape index (κ1) is 19.1. The zero-order valence-electron chi connectivity index (χ0n) is 15.0. The van der Waals surface area contributed by atoms with Gasteiger partial charge in [0.25, 0.3) is 0 Å². The van der Waals surface area contributed by atoms with Gasteiger partial charge in [-0.25, -0.2) is 0 Å². The van der Waals surface area contributed by atoms with Crippen LogP contribution in [0.1, 0.15) is 39.8 Å². The van der Waals surface area contributed by atoms with Crippen molar-refractivity contribution in [2.24, 2.45) is 0 Å². The van der Waals surface area contributed by atoms with E-state index in [0.717, 1.165) is 25.3 Å². The van der Waals surface area contributed by atoms with Crippen LogP contribution in [0.25, 0.3) is 5.57 Å². The van der Waals surface area contributed by atoms with E-state index in [1.165, 1.54) is 17.6 Å². The van der Waals surface area contributed by atoms with Crippen LogP contribution in [-0.2, 0) is 0 Å². The Morgan fingerprint density at radius 2 is 2.00 bits per heavy atom. The van der Waals surface area contributed by atoms with E-state index >= 15 is 0 Å². The first-order valence-corrected chi connectivity index (χ1v) is 8.56. The van der Waals surface area contributed by atoms with Gasteiger partial charge >= 0.3 is 0 Å². The molecule has 1 rings (SSSR count). The molecule has 0 atom stereocenters. The fourth-order valence-corrected chi connectivity index (χ4v) is 2.42. The van der Waals surface area contributed by atoms with Crippen LogP contribution in [-0.4, -0.2) is 29.5 Å². The van der Waals surface area contributed by atoms with E-state index in [4.69, 9.17) is 0 Å². The Bertz CT molecular complexity index is 550. The lowest BCUT2D eigenvalue weighted by Gasteiger charge is -2.18. The van der Waals surface area contributed by atoms with Crippen LogP contribution in [0.2, 0.25) is 0 Å². The van der Waals surface area contributed by atoms with Gasteiger partial charge in [-0.1, -0.05) is 56.4 Å². The lowest BCUT2D eigenvalue weighted by Crippen LogP contribution is -2.24. The second kappa shape index (κ2) is 11.6. The normalized spacial score (nSPS) is 13.6. The van der Waals surface area contributed by atoms with Gasteiger partial charge in [-0.2, -0.15) is 0 Å². The molecule has 0 bridgehead atoms. The van der Waals surface area contributed by atoms with Gasteiger partial charge in [0.15, 0.2) is 0 Å². The quantitative estimate of drug-likeness (QED) is 0.577. The zero-order chi connectivity index (χ0) is 16.9. The SMILES string of the molecule is C\C=C/C(=C\C=C\C)C(=C\CN(CC)CCC)/c1ccccn1. The Kier molecular flexibility index (Phi) is 9.65. The molecular formula is C21H30N2. The zero-order valence-corrected chi connectivity index (χ0v) is 15.0. The summed E-state index contributed by atoms with van der Waals surface area (Å²) in [5, 5.41) is 0. The van der Waals surface area contributed by atoms with Gasteiger partial charge in [-0.05, 0) is 51.1 Å². The lowest BCUT2D eigenvalue weighted by atomic mass is 10.00. The minimum Gasteiger partial charge on any atom is -0.300 e. The molecule has 0 N–H and O–H groups in total. The van der Waals surface area contributed by atoms with E-state index in [-0.39, 0.29) is 0 Å². The highest BCUT2D eigenvalue weighted by Crippen LogP contribution is 2.23. The molecule has 0 spiro atoms. The maximum absolute atomic E-state index is 4.55. The van der Waals surface area contributed by atoms with E-state index < -0.39 is 0 Å². The molecule has 124 valence electrons. The fraction of sp³-hybridized carbons (Fsp3) is 0.381. The minimum absolute atomic E-state index is 0.945. The molecule has 1 aromatic heterocycles. The number of rotatable bonds is 9. The average molecular weight is 310 g/mol. The van der Waals surface area contributed by atoms with Gasteiger partial charge in [0.05, 0.1) is 5.69 Å². The Balaban J connectivity index is 3.20. The summed E-state index contributed by atoms with van der Waals surface area (Å²) in [5.74, 6) is 0. The predicted octanol–water partition coefficient (Wildman–Crippen LogP) is 5.28. The van der Waals surface area contributed by atoms with Gasteiger partial charge in [-0.3, -0.25) is 9.88 Å². The number of aromatic nitrogens is 1. The first-order valence-electron chi connectivity index (χ1n) is 8.56. The third-order valence-electron chi connectivity index (χ3n) is 3.61. The fourth-order valence-electron chi connectivity index (χ4n) is 2.42. The van der Waals surface area contributed by atoms with Crippen LogP contribution in [0.5, 0.6) is 0 Å². The van der Waals surface area contributed by atoms with Gasteiger partial charge < -0.3 is 0 Å². The van der Waals surface area contributed by atoms with E-state index in [0.29, 0.717) is 0 Å². The average Bonchev–Trinajstić information content (AvgIpc) is 2.59. The van der Waals surface area contributed by atoms with Crippen LogP contribution < -0.4 is 0 Å². The van der Waals surface area contributed by atoms with Crippen LogP contribution in [0.4, 0.5) is 0 Å². The van der Waals surface area contributed by atoms with Crippen molar-refractivity contribution in [1.82, 2.24) is 9.88 Å². The second-order valence-electron chi connectivity index (χ2n) is 5.37. The maximum Gasteiger partial charge on any atom is 0.0705 e. The van der Waals surface area contributed by atoms with Crippen molar-refractivity contribution >= 4 is 5.57 Å². The molecule has 23 heavy (non-hydrogen) atoms. The predicted molar refractivity (Wildman–Crippen MR) is 102 cm³/mol. The molecule has 0 saturated carbocycles. The summed E-state index contributed by atoms with van der Waals surface area (Å²) >= 11 is 0. The Labute approximate surface area is 141 Å². The van der Waals surface area contributed by atoms with Gasteiger partial charge in [-0.15, -0.1) is 0 Å². The van der Waals surface area contributed by atoms with Crippen molar-refractivity contribution in [2.75, 3.05) is 19.6 Å². The van der Waals surface area contributed by atoms with Crippen molar-refractivity contribution in [3.05, 3.63) is 72.1 Å². The van der Waals surface area contributed by atoms with Crippen molar-refractivity contribution in [1.29, 1.82) is 0 Å². The molecule has 0 aliphatic carbocycles. The number of allylic oxidation sites excluding steroid dienone is 7. The lowest BCUT2D eigenvalue weighted by molar-refractivity contribution is 0.320. The largest absolute Gasteiger partial charge is 0.300 e. The molecule has 0 fully saturated rings. The van der Waals surface area contributed by atoms with Crippen LogP contribution in [0.15, 0.2) is 66.4 Å². The number of hydrogen-bond donors (Lipinski definition) is 0. The van der Waals surface area contributed by atoms with Gasteiger partial charge in [0.2, 0.25) is 0 Å². The third kappa shape index (κ3) is 6.79. The van der Waals surface area contributed by atoms with Gasteiger partial charge in [0.1, 0.15) is 0 Å². The van der Waals surface area contributed by atoms with E-state index in [1.54, 1.807) is 0 Å². The van der Waals surface area contributed by atoms with E-state index in [1.807, 2.05) is 25.3 Å². The van der Waals surface area contributed by atoms with E-state index in [9.17, 15) is 0 Å². The molecule has 2 heteroatoms. The smallest absolute Gasteiger partial charge is 0.0705 e. The van der Waals surface area contributed by atoms with Crippen LogP contribution >= 0.6 is 0 Å². The van der Waals surface area contributed by atoms with E-state index in [2.05, 4.69) is 73.2 Å². The summed E-state index contributed by atoms with van der Waals surface area (Å²) < 4.78 is 0. The molecule has 0 aliphatic rings. The Morgan fingerprint density at radius 1 is 1.17 bits per heavy atom. The highest BCUT2D eigenvalue weighted by Gasteiger charge is 2.07.